The molecule has 3 N–H and O–H groups in total. The Hall–Kier alpha value is -4.66. The van der Waals surface area contributed by atoms with Crippen molar-refractivity contribution in [3.05, 3.63) is 83.0 Å². The molecule has 3 heterocycles. The van der Waals surface area contributed by atoms with E-state index in [0.717, 1.165) is 39.0 Å². The summed E-state index contributed by atoms with van der Waals surface area (Å²) >= 11 is 0. The smallest absolute Gasteiger partial charge is 0.475 e. The number of hydrogen-bond donors (Lipinski definition) is 2. The molecule has 0 spiro atoms. The molecule has 10 nitrogen and oxygen atoms in total. The summed E-state index contributed by atoms with van der Waals surface area (Å²) in [5, 5.41) is 15.4. The van der Waals surface area contributed by atoms with E-state index in [0.29, 0.717) is 5.82 Å². The van der Waals surface area contributed by atoms with Gasteiger partial charge in [0, 0.05) is 42.2 Å². The first-order chi connectivity index (χ1) is 18.8. The van der Waals surface area contributed by atoms with Gasteiger partial charge in [-0.15, -0.1) is 0 Å². The van der Waals surface area contributed by atoms with Crippen molar-refractivity contribution in [2.24, 2.45) is 5.73 Å². The second-order valence-electron chi connectivity index (χ2n) is 8.34. The summed E-state index contributed by atoms with van der Waals surface area (Å²) in [7, 11) is 0. The topological polar surface area (TPSA) is 134 Å². The Morgan fingerprint density at radius 3 is 2.23 bits per heavy atom. The monoisotopic (exact) mass is 565 g/mol. The van der Waals surface area contributed by atoms with Crippen LogP contribution in [-0.2, 0) is 17.9 Å². The number of carboxylic acid groups (broad SMARTS) is 1. The number of alkyl halides is 3. The van der Waals surface area contributed by atoms with Crippen molar-refractivity contribution in [2.45, 2.75) is 33.1 Å². The van der Waals surface area contributed by atoms with Gasteiger partial charge in [0.2, 0.25) is 0 Å². The molecule has 0 saturated carbocycles. The van der Waals surface area contributed by atoms with Gasteiger partial charge in [-0.05, 0) is 42.7 Å². The Balaban J connectivity index is 0.000000559. The zero-order chi connectivity index (χ0) is 29.6. The van der Waals surface area contributed by atoms with Crippen molar-refractivity contribution >= 4 is 5.97 Å². The minimum Gasteiger partial charge on any atom is -0.475 e. The van der Waals surface area contributed by atoms with Crippen molar-refractivity contribution < 1.29 is 31.9 Å². The molecule has 0 aliphatic carbocycles. The van der Waals surface area contributed by atoms with Gasteiger partial charge >= 0.3 is 17.8 Å². The van der Waals surface area contributed by atoms with Gasteiger partial charge in [0.1, 0.15) is 12.1 Å². The van der Waals surface area contributed by atoms with Gasteiger partial charge in [0.05, 0.1) is 12.7 Å². The minimum atomic E-state index is -5.08. The third-order valence-electron chi connectivity index (χ3n) is 5.60. The molecule has 0 aliphatic heterocycles. The molecule has 0 radical (unpaired) electrons. The fourth-order valence-electron chi connectivity index (χ4n) is 3.51. The molecule has 1 aromatic carbocycles. The molecule has 0 saturated heterocycles. The van der Waals surface area contributed by atoms with Crippen LogP contribution in [0.2, 0.25) is 0 Å². The van der Waals surface area contributed by atoms with E-state index in [-0.39, 0.29) is 18.7 Å². The lowest BCUT2D eigenvalue weighted by Gasteiger charge is -2.09. The first-order valence-corrected chi connectivity index (χ1v) is 11.6. The summed E-state index contributed by atoms with van der Waals surface area (Å²) in [4.78, 5) is 26.0. The van der Waals surface area contributed by atoms with E-state index in [1.165, 1.54) is 10.9 Å². The number of aliphatic carboxylic acids is 1. The lowest BCUT2D eigenvalue weighted by Crippen LogP contribution is -2.27. The number of aromatic nitrogens is 6. The largest absolute Gasteiger partial charge is 0.490 e. The van der Waals surface area contributed by atoms with Gasteiger partial charge in [0.15, 0.2) is 0 Å². The van der Waals surface area contributed by atoms with Crippen LogP contribution in [0, 0.1) is 6.92 Å². The first-order valence-electron chi connectivity index (χ1n) is 11.6. The Labute approximate surface area is 223 Å². The number of carboxylic acids is 1. The zero-order valence-corrected chi connectivity index (χ0v) is 21.2. The van der Waals surface area contributed by atoms with E-state index >= 15 is 0 Å². The number of pyridine rings is 1. The number of carbonyl (C=O) groups is 1. The van der Waals surface area contributed by atoms with Crippen LogP contribution >= 0.6 is 0 Å². The maximum atomic E-state index is 12.9. The third kappa shape index (κ3) is 7.05. The van der Waals surface area contributed by atoms with Crippen LogP contribution in [0.5, 0.6) is 0 Å². The van der Waals surface area contributed by atoms with Crippen LogP contribution in [0.1, 0.15) is 12.5 Å². The lowest BCUT2D eigenvalue weighted by atomic mass is 10.0. The van der Waals surface area contributed by atoms with Crippen molar-refractivity contribution in [1.82, 2.24) is 29.1 Å². The molecule has 0 aliphatic rings. The van der Waals surface area contributed by atoms with E-state index in [1.54, 1.807) is 6.20 Å². The highest BCUT2D eigenvalue weighted by Gasteiger charge is 2.38. The van der Waals surface area contributed by atoms with Gasteiger partial charge in [-0.3, -0.25) is 4.68 Å². The number of nitrogens with two attached hydrogens (primary N) is 1. The van der Waals surface area contributed by atoms with Gasteiger partial charge in [-0.25, -0.2) is 23.8 Å². The summed E-state index contributed by atoms with van der Waals surface area (Å²) in [6.45, 7) is 3.93. The Bertz CT molecular complexity index is 1580. The summed E-state index contributed by atoms with van der Waals surface area (Å²) in [6, 6.07) is 9.96. The molecule has 3 aromatic heterocycles. The van der Waals surface area contributed by atoms with Crippen LogP contribution in [0.15, 0.2) is 71.7 Å². The first kappa shape index (κ1) is 29.9. The Morgan fingerprint density at radius 2 is 1.70 bits per heavy atom. The van der Waals surface area contributed by atoms with Crippen molar-refractivity contribution in [3.63, 3.8) is 0 Å². The molecule has 0 bridgehead atoms. The quantitative estimate of drug-likeness (QED) is 0.323. The lowest BCUT2D eigenvalue weighted by molar-refractivity contribution is -0.192. The molecule has 15 heteroatoms. The van der Waals surface area contributed by atoms with Crippen molar-refractivity contribution in [3.8, 4) is 28.1 Å². The fraction of sp³-hybridized carbons (Fsp3) is 0.240. The van der Waals surface area contributed by atoms with E-state index in [2.05, 4.69) is 21.2 Å². The van der Waals surface area contributed by atoms with Crippen molar-refractivity contribution in [1.29, 1.82) is 0 Å². The molecule has 0 amide bonds. The second kappa shape index (κ2) is 12.5. The third-order valence-corrected chi connectivity index (χ3v) is 5.60. The number of benzene rings is 1. The highest BCUT2D eigenvalue weighted by atomic mass is 19.4. The summed E-state index contributed by atoms with van der Waals surface area (Å²) in [6.07, 6.45) is -0.211. The predicted octanol–water partition coefficient (Wildman–Crippen LogP) is 4.03. The van der Waals surface area contributed by atoms with Gasteiger partial charge in [-0.1, -0.05) is 18.2 Å². The van der Waals surface area contributed by atoms with E-state index in [9.17, 15) is 26.7 Å². The standard InChI is InChI=1S/C23H23F2N7O.C2HF3O2/c1-3-30-12-20(11-28-30)17-6-4-5-16(8-17)18-7-15(2)22(27-10-18)31-14-29-32(23(31)33)13-19(9-26)21(24)25;3-2(4,5)1(6)7/h4-8,10-12,14H,3,9,13,26H2,1-2H3;(H,6,7). The Morgan fingerprint density at radius 1 is 1.05 bits per heavy atom. The highest BCUT2D eigenvalue weighted by Crippen LogP contribution is 2.27. The number of rotatable bonds is 7. The Kier molecular flexibility index (Phi) is 9.31. The van der Waals surface area contributed by atoms with Crippen LogP contribution in [-0.4, -0.2) is 52.9 Å². The maximum Gasteiger partial charge on any atom is 0.490 e. The number of hydrogen-bond acceptors (Lipinski definition) is 6. The molecule has 4 rings (SSSR count). The second-order valence-corrected chi connectivity index (χ2v) is 8.34. The average molecular weight is 566 g/mol. The number of aryl methyl sites for hydroxylation is 2. The van der Waals surface area contributed by atoms with Crippen LogP contribution in [0.3, 0.4) is 0 Å². The molecule has 212 valence electrons. The summed E-state index contributed by atoms with van der Waals surface area (Å²) in [5.74, 6) is -2.37. The van der Waals surface area contributed by atoms with E-state index < -0.39 is 23.9 Å². The van der Waals surface area contributed by atoms with Gasteiger partial charge in [-0.2, -0.15) is 32.1 Å². The molecular formula is C25H24F5N7O3. The molecule has 4 aromatic rings. The summed E-state index contributed by atoms with van der Waals surface area (Å²) in [5.41, 5.74) is 9.08. The average Bonchev–Trinajstić information content (AvgIpc) is 3.54. The molecule has 0 atom stereocenters. The van der Waals surface area contributed by atoms with Crippen molar-refractivity contribution in [2.75, 3.05) is 6.54 Å². The van der Waals surface area contributed by atoms with Crippen LogP contribution < -0.4 is 11.4 Å². The SMILES string of the molecule is CCn1cc(-c2cccc(-c3cnc(-n4cnn(CC(CN)=C(F)F)c4=O)c(C)c3)c2)cn1.O=C(O)C(F)(F)F. The molecule has 40 heavy (non-hydrogen) atoms. The molecule has 0 unspecified atom stereocenters. The normalized spacial score (nSPS) is 11.1. The van der Waals surface area contributed by atoms with Gasteiger partial charge < -0.3 is 10.8 Å². The van der Waals surface area contributed by atoms with Gasteiger partial charge in [0.25, 0.3) is 6.08 Å². The molecular weight excluding hydrogens is 541 g/mol. The highest BCUT2D eigenvalue weighted by molar-refractivity contribution is 5.73. The fourth-order valence-corrected chi connectivity index (χ4v) is 3.51. The minimum absolute atomic E-state index is 0.341. The van der Waals surface area contributed by atoms with Crippen LogP contribution in [0.4, 0.5) is 22.0 Å². The number of nitrogens with zero attached hydrogens (tertiary/aromatic N) is 6. The van der Waals surface area contributed by atoms with E-state index in [1.807, 2.05) is 55.2 Å². The zero-order valence-electron chi connectivity index (χ0n) is 21.2. The maximum absolute atomic E-state index is 12.9. The molecule has 0 fully saturated rings. The van der Waals surface area contributed by atoms with Crippen LogP contribution in [0.25, 0.3) is 28.1 Å². The summed E-state index contributed by atoms with van der Waals surface area (Å²) < 4.78 is 61.6. The van der Waals surface area contributed by atoms with E-state index in [4.69, 9.17) is 15.6 Å². The predicted molar refractivity (Wildman–Crippen MR) is 135 cm³/mol. The number of halogens is 5.